The van der Waals surface area contributed by atoms with Gasteiger partial charge in [-0.3, -0.25) is 0 Å². The van der Waals surface area contributed by atoms with Crippen molar-refractivity contribution in [2.75, 3.05) is 5.75 Å². The van der Waals surface area contributed by atoms with E-state index in [0.717, 1.165) is 24.5 Å². The van der Waals surface area contributed by atoms with Crippen LogP contribution in [0.25, 0.3) is 0 Å². The molecule has 1 aliphatic heterocycles. The van der Waals surface area contributed by atoms with Crippen LogP contribution in [0.4, 0.5) is 0 Å². The van der Waals surface area contributed by atoms with Crippen LogP contribution in [0.3, 0.4) is 0 Å². The van der Waals surface area contributed by atoms with Crippen LogP contribution in [-0.2, 0) is 0 Å². The Morgan fingerprint density at radius 2 is 2.30 bits per heavy atom. The van der Waals surface area contributed by atoms with Crippen molar-refractivity contribution >= 4 is 11.8 Å². The maximum atomic E-state index is 9.58. The van der Waals surface area contributed by atoms with Gasteiger partial charge in [0.05, 0.1) is 5.60 Å². The molecule has 0 aromatic carbocycles. The zero-order valence-electron chi connectivity index (χ0n) is 6.18. The topological polar surface area (TPSA) is 20.2 Å². The van der Waals surface area contributed by atoms with Crippen molar-refractivity contribution in [2.24, 2.45) is 0 Å². The van der Waals surface area contributed by atoms with Gasteiger partial charge in [0.2, 0.25) is 0 Å². The molecule has 2 heteroatoms. The number of hydrogen-bond acceptors (Lipinski definition) is 2. The number of thioether (sulfide) groups is 1. The van der Waals surface area contributed by atoms with Gasteiger partial charge in [-0.05, 0) is 37.9 Å². The highest BCUT2D eigenvalue weighted by atomic mass is 32.2. The summed E-state index contributed by atoms with van der Waals surface area (Å²) in [6, 6.07) is 0. The van der Waals surface area contributed by atoms with Gasteiger partial charge in [0, 0.05) is 5.25 Å². The Balaban J connectivity index is 1.78. The first-order valence-corrected chi connectivity index (χ1v) is 5.17. The Morgan fingerprint density at radius 3 is 2.80 bits per heavy atom. The fourth-order valence-electron chi connectivity index (χ4n) is 1.58. The maximum absolute atomic E-state index is 9.58. The fraction of sp³-hybridized carbons (Fsp3) is 1.00. The molecular formula is C8H14OS. The molecule has 0 bridgehead atoms. The smallest absolute Gasteiger partial charge is 0.0660 e. The van der Waals surface area contributed by atoms with E-state index in [9.17, 15) is 5.11 Å². The van der Waals surface area contributed by atoms with Crippen molar-refractivity contribution in [3.8, 4) is 0 Å². The van der Waals surface area contributed by atoms with Crippen LogP contribution in [0.1, 0.15) is 32.1 Å². The minimum absolute atomic E-state index is 0.206. The van der Waals surface area contributed by atoms with Crippen LogP contribution >= 0.6 is 11.8 Å². The second-order valence-corrected chi connectivity index (χ2v) is 4.97. The van der Waals surface area contributed by atoms with Crippen LogP contribution in [0, 0.1) is 0 Å². The molecule has 1 saturated carbocycles. The molecule has 0 radical (unpaired) electrons. The summed E-state index contributed by atoms with van der Waals surface area (Å²) in [6.45, 7) is 0. The van der Waals surface area contributed by atoms with E-state index in [0.29, 0.717) is 0 Å². The standard InChI is InChI=1S/C8H14OS/c9-8(3-4-8)6-7-2-1-5-10-7/h7,9H,1-6H2. The summed E-state index contributed by atoms with van der Waals surface area (Å²) >= 11 is 2.05. The second kappa shape index (κ2) is 2.42. The molecule has 2 aliphatic rings. The third-order valence-corrected chi connectivity index (χ3v) is 3.86. The summed E-state index contributed by atoms with van der Waals surface area (Å²) < 4.78 is 0. The highest BCUT2D eigenvalue weighted by Gasteiger charge is 2.42. The SMILES string of the molecule is OC1(CC2CCCS2)CC1. The highest BCUT2D eigenvalue weighted by molar-refractivity contribution is 8.00. The minimum Gasteiger partial charge on any atom is -0.390 e. The minimum atomic E-state index is -0.206. The van der Waals surface area contributed by atoms with Gasteiger partial charge in [0.15, 0.2) is 0 Å². The third kappa shape index (κ3) is 1.48. The van der Waals surface area contributed by atoms with E-state index in [1.54, 1.807) is 0 Å². The molecule has 1 saturated heterocycles. The predicted octanol–water partition coefficient (Wildman–Crippen LogP) is 1.80. The Morgan fingerprint density at radius 1 is 1.50 bits per heavy atom. The summed E-state index contributed by atoms with van der Waals surface area (Å²) in [5.41, 5.74) is -0.206. The molecule has 2 rings (SSSR count). The molecule has 1 unspecified atom stereocenters. The summed E-state index contributed by atoms with van der Waals surface area (Å²) in [6.07, 6.45) is 5.89. The van der Waals surface area contributed by atoms with Gasteiger partial charge in [-0.1, -0.05) is 0 Å². The molecule has 0 spiro atoms. The van der Waals surface area contributed by atoms with Gasteiger partial charge in [0.25, 0.3) is 0 Å². The molecule has 0 aromatic rings. The van der Waals surface area contributed by atoms with E-state index < -0.39 is 0 Å². The van der Waals surface area contributed by atoms with E-state index in [2.05, 4.69) is 0 Å². The first-order valence-electron chi connectivity index (χ1n) is 4.13. The first kappa shape index (κ1) is 6.99. The van der Waals surface area contributed by atoms with E-state index >= 15 is 0 Å². The molecule has 0 aromatic heterocycles. The molecule has 1 N–H and O–H groups in total. The number of hydrogen-bond donors (Lipinski definition) is 1. The van der Waals surface area contributed by atoms with Crippen LogP contribution in [0.5, 0.6) is 0 Å². The quantitative estimate of drug-likeness (QED) is 0.661. The second-order valence-electron chi connectivity index (χ2n) is 3.56. The van der Waals surface area contributed by atoms with Gasteiger partial charge < -0.3 is 5.11 Å². The van der Waals surface area contributed by atoms with E-state index in [4.69, 9.17) is 0 Å². The molecule has 2 fully saturated rings. The molecule has 1 aliphatic carbocycles. The summed E-state index contributed by atoms with van der Waals surface area (Å²) in [7, 11) is 0. The first-order chi connectivity index (χ1) is 4.79. The van der Waals surface area contributed by atoms with Crippen molar-refractivity contribution in [1.82, 2.24) is 0 Å². The van der Waals surface area contributed by atoms with Gasteiger partial charge in [-0.15, -0.1) is 0 Å². The maximum Gasteiger partial charge on any atom is 0.0660 e. The van der Waals surface area contributed by atoms with E-state index in [-0.39, 0.29) is 5.60 Å². The average molecular weight is 158 g/mol. The Labute approximate surface area is 66.2 Å². The number of rotatable bonds is 2. The molecule has 0 amide bonds. The highest BCUT2D eigenvalue weighted by Crippen LogP contribution is 2.44. The predicted molar refractivity (Wildman–Crippen MR) is 44.3 cm³/mol. The van der Waals surface area contributed by atoms with E-state index in [1.807, 2.05) is 11.8 Å². The van der Waals surface area contributed by atoms with Gasteiger partial charge in [0.1, 0.15) is 0 Å². The molecule has 1 nitrogen and oxygen atoms in total. The zero-order valence-corrected chi connectivity index (χ0v) is 6.99. The third-order valence-electron chi connectivity index (χ3n) is 2.46. The van der Waals surface area contributed by atoms with Crippen molar-refractivity contribution < 1.29 is 5.11 Å². The fourth-order valence-corrected chi connectivity index (χ4v) is 3.01. The molecule has 10 heavy (non-hydrogen) atoms. The van der Waals surface area contributed by atoms with Gasteiger partial charge in [-0.2, -0.15) is 11.8 Å². The molecule has 58 valence electrons. The molecule has 1 heterocycles. The Bertz CT molecular complexity index is 125. The summed E-state index contributed by atoms with van der Waals surface area (Å²) in [5.74, 6) is 1.32. The Hall–Kier alpha value is 0.310. The molecular weight excluding hydrogens is 144 g/mol. The number of aliphatic hydroxyl groups is 1. The van der Waals surface area contributed by atoms with Crippen molar-refractivity contribution in [3.63, 3.8) is 0 Å². The monoisotopic (exact) mass is 158 g/mol. The average Bonchev–Trinajstić information content (AvgIpc) is 2.47. The van der Waals surface area contributed by atoms with Gasteiger partial charge in [-0.25, -0.2) is 0 Å². The normalized spacial score (nSPS) is 36.3. The summed E-state index contributed by atoms with van der Waals surface area (Å²) in [5, 5.41) is 10.4. The van der Waals surface area contributed by atoms with Crippen molar-refractivity contribution in [3.05, 3.63) is 0 Å². The zero-order chi connectivity index (χ0) is 7.03. The van der Waals surface area contributed by atoms with Crippen LogP contribution in [0.2, 0.25) is 0 Å². The van der Waals surface area contributed by atoms with Crippen LogP contribution in [-0.4, -0.2) is 21.7 Å². The lowest BCUT2D eigenvalue weighted by Gasteiger charge is -2.12. The largest absolute Gasteiger partial charge is 0.390 e. The van der Waals surface area contributed by atoms with Gasteiger partial charge >= 0.3 is 0 Å². The van der Waals surface area contributed by atoms with Crippen LogP contribution in [0.15, 0.2) is 0 Å². The van der Waals surface area contributed by atoms with Crippen molar-refractivity contribution in [1.29, 1.82) is 0 Å². The lowest BCUT2D eigenvalue weighted by molar-refractivity contribution is 0.139. The summed E-state index contributed by atoms with van der Waals surface area (Å²) in [4.78, 5) is 0. The lowest BCUT2D eigenvalue weighted by Crippen LogP contribution is -2.13. The van der Waals surface area contributed by atoms with E-state index in [1.165, 1.54) is 18.6 Å². The molecule has 1 atom stereocenters. The van der Waals surface area contributed by atoms with Crippen LogP contribution < -0.4 is 0 Å². The Kier molecular flexibility index (Phi) is 1.69. The lowest BCUT2D eigenvalue weighted by atomic mass is 10.1. The van der Waals surface area contributed by atoms with Crippen molar-refractivity contribution in [2.45, 2.75) is 43.0 Å².